The minimum absolute atomic E-state index is 0.0683. The number of hydrogen-bond donors (Lipinski definition) is 1. The lowest BCUT2D eigenvalue weighted by molar-refractivity contribution is -0.145. The van der Waals surface area contributed by atoms with E-state index >= 15 is 0 Å². The second kappa shape index (κ2) is 13.3. The molecule has 0 spiro atoms. The molecule has 0 aromatic rings. The van der Waals surface area contributed by atoms with Crippen molar-refractivity contribution in [2.24, 2.45) is 5.92 Å². The molecule has 170 valence electrons. The van der Waals surface area contributed by atoms with E-state index in [9.17, 15) is 14.7 Å². The summed E-state index contributed by atoms with van der Waals surface area (Å²) < 4.78 is 11.5. The van der Waals surface area contributed by atoms with Gasteiger partial charge in [0, 0.05) is 13.0 Å². The van der Waals surface area contributed by atoms with Gasteiger partial charge in [0.25, 0.3) is 0 Å². The van der Waals surface area contributed by atoms with Gasteiger partial charge in [-0.25, -0.2) is 0 Å². The number of aliphatic hydroxyl groups is 1. The smallest absolute Gasteiger partial charge is 0.313 e. The maximum atomic E-state index is 12.0. The Balaban J connectivity index is 5.07. The SMILES string of the molecule is CCOC(=O)CC(=O)C[C@H](O)/C(C)=C\[C@@H](CC)CO[Si](C(C)C)(C(C)C)C(C)C. The number of rotatable bonds is 14. The van der Waals surface area contributed by atoms with E-state index in [4.69, 9.17) is 9.16 Å². The van der Waals surface area contributed by atoms with E-state index < -0.39 is 20.4 Å². The van der Waals surface area contributed by atoms with Crippen LogP contribution in [-0.2, 0) is 18.8 Å². The molecule has 0 aliphatic carbocycles. The predicted octanol–water partition coefficient (Wildman–Crippen LogP) is 5.42. The summed E-state index contributed by atoms with van der Waals surface area (Å²) in [6.07, 6.45) is 1.70. The first-order valence-electron chi connectivity index (χ1n) is 11.1. The van der Waals surface area contributed by atoms with Crippen molar-refractivity contribution in [2.75, 3.05) is 13.2 Å². The van der Waals surface area contributed by atoms with Crippen molar-refractivity contribution in [1.29, 1.82) is 0 Å². The van der Waals surface area contributed by atoms with Gasteiger partial charge in [-0.05, 0) is 48.4 Å². The Bertz CT molecular complexity index is 518. The van der Waals surface area contributed by atoms with Crippen LogP contribution >= 0.6 is 0 Å². The molecule has 0 radical (unpaired) electrons. The molecule has 0 heterocycles. The number of esters is 1. The van der Waals surface area contributed by atoms with Crippen molar-refractivity contribution in [2.45, 2.75) is 104 Å². The fourth-order valence-electron chi connectivity index (χ4n) is 4.34. The van der Waals surface area contributed by atoms with Gasteiger partial charge in [0.1, 0.15) is 12.2 Å². The Labute approximate surface area is 179 Å². The highest BCUT2D eigenvalue weighted by atomic mass is 28.4. The van der Waals surface area contributed by atoms with Gasteiger partial charge < -0.3 is 14.3 Å². The molecule has 0 aromatic heterocycles. The van der Waals surface area contributed by atoms with E-state index in [1.165, 1.54) is 0 Å². The van der Waals surface area contributed by atoms with E-state index in [0.29, 0.717) is 23.2 Å². The van der Waals surface area contributed by atoms with E-state index in [1.54, 1.807) is 6.92 Å². The molecule has 29 heavy (non-hydrogen) atoms. The molecule has 1 N–H and O–H groups in total. The van der Waals surface area contributed by atoms with Crippen molar-refractivity contribution < 1.29 is 23.9 Å². The van der Waals surface area contributed by atoms with Gasteiger partial charge in [-0.1, -0.05) is 54.5 Å². The monoisotopic (exact) mass is 428 g/mol. The number of ketones is 1. The molecule has 0 saturated carbocycles. The average molecular weight is 429 g/mol. The van der Waals surface area contributed by atoms with Crippen molar-refractivity contribution in [1.82, 2.24) is 0 Å². The highest BCUT2D eigenvalue weighted by molar-refractivity contribution is 6.77. The summed E-state index contributed by atoms with van der Waals surface area (Å²) in [5.41, 5.74) is 2.33. The van der Waals surface area contributed by atoms with Crippen LogP contribution in [0.1, 0.15) is 81.6 Å². The lowest BCUT2D eigenvalue weighted by Gasteiger charge is -2.42. The Morgan fingerprint density at radius 2 is 1.52 bits per heavy atom. The zero-order valence-electron chi connectivity index (χ0n) is 20.1. The van der Waals surface area contributed by atoms with Gasteiger partial charge >= 0.3 is 5.97 Å². The van der Waals surface area contributed by atoms with Crippen LogP contribution in [0.2, 0.25) is 16.6 Å². The minimum Gasteiger partial charge on any atom is -0.466 e. The van der Waals surface area contributed by atoms with Gasteiger partial charge in [0.15, 0.2) is 8.32 Å². The first-order valence-corrected chi connectivity index (χ1v) is 13.2. The van der Waals surface area contributed by atoms with Crippen molar-refractivity contribution >= 4 is 20.1 Å². The number of carbonyl (C=O) groups excluding carboxylic acids is 2. The number of hydrogen-bond acceptors (Lipinski definition) is 5. The molecule has 2 atom stereocenters. The second-order valence-electron chi connectivity index (χ2n) is 8.95. The van der Waals surface area contributed by atoms with Crippen LogP contribution < -0.4 is 0 Å². The summed E-state index contributed by atoms with van der Waals surface area (Å²) in [5.74, 6) is -0.657. The topological polar surface area (TPSA) is 72.8 Å². The van der Waals surface area contributed by atoms with Gasteiger partial charge in [0.05, 0.1) is 12.7 Å². The van der Waals surface area contributed by atoms with Crippen LogP contribution in [0.3, 0.4) is 0 Å². The molecular weight excluding hydrogens is 384 g/mol. The van der Waals surface area contributed by atoms with Gasteiger partial charge in [-0.2, -0.15) is 0 Å². The Morgan fingerprint density at radius 1 is 1.00 bits per heavy atom. The highest BCUT2D eigenvalue weighted by Gasteiger charge is 2.45. The van der Waals surface area contributed by atoms with Crippen LogP contribution in [0.5, 0.6) is 0 Å². The number of Topliss-reactive ketones (excluding diaryl/α,β-unsaturated/α-hetero) is 1. The van der Waals surface area contributed by atoms with Crippen molar-refractivity contribution in [3.63, 3.8) is 0 Å². The average Bonchev–Trinajstić information content (AvgIpc) is 2.59. The molecular formula is C23H44O5Si. The Hall–Kier alpha value is -0.983. The first-order chi connectivity index (χ1) is 13.4. The van der Waals surface area contributed by atoms with E-state index in [-0.39, 0.29) is 31.1 Å². The second-order valence-corrected chi connectivity index (χ2v) is 14.4. The van der Waals surface area contributed by atoms with Gasteiger partial charge in [0.2, 0.25) is 0 Å². The molecule has 0 aliphatic rings. The third-order valence-electron chi connectivity index (χ3n) is 5.87. The first kappa shape index (κ1) is 28.0. The molecule has 5 nitrogen and oxygen atoms in total. The Morgan fingerprint density at radius 3 is 1.93 bits per heavy atom. The molecule has 0 unspecified atom stereocenters. The maximum absolute atomic E-state index is 12.0. The Kier molecular flexibility index (Phi) is 12.9. The molecule has 0 bridgehead atoms. The van der Waals surface area contributed by atoms with Gasteiger partial charge in [-0.15, -0.1) is 0 Å². The minimum atomic E-state index is -1.93. The summed E-state index contributed by atoms with van der Waals surface area (Å²) in [7, 11) is -1.93. The van der Waals surface area contributed by atoms with E-state index in [0.717, 1.165) is 12.0 Å². The molecule has 0 saturated heterocycles. The van der Waals surface area contributed by atoms with Crippen LogP contribution in [0.4, 0.5) is 0 Å². The molecule has 0 aliphatic heterocycles. The summed E-state index contributed by atoms with van der Waals surface area (Å²) in [5, 5.41) is 10.4. The third kappa shape index (κ3) is 8.73. The van der Waals surface area contributed by atoms with Crippen LogP contribution in [0, 0.1) is 5.92 Å². The van der Waals surface area contributed by atoms with E-state index in [2.05, 4.69) is 48.5 Å². The normalized spacial score (nSPS) is 15.1. The summed E-state index contributed by atoms with van der Waals surface area (Å²) >= 11 is 0. The van der Waals surface area contributed by atoms with Crippen LogP contribution in [-0.4, -0.2) is 44.5 Å². The molecule has 0 rings (SSSR count). The lowest BCUT2D eigenvalue weighted by Crippen LogP contribution is -2.48. The maximum Gasteiger partial charge on any atom is 0.313 e. The fraction of sp³-hybridized carbons (Fsp3) is 0.826. The molecule has 0 aromatic carbocycles. The third-order valence-corrected chi connectivity index (χ3v) is 12.0. The molecule has 0 amide bonds. The zero-order valence-corrected chi connectivity index (χ0v) is 21.1. The van der Waals surface area contributed by atoms with Gasteiger partial charge in [-0.3, -0.25) is 9.59 Å². The molecule has 6 heteroatoms. The van der Waals surface area contributed by atoms with Crippen molar-refractivity contribution in [3.05, 3.63) is 11.6 Å². The summed E-state index contributed by atoms with van der Waals surface area (Å²) in [4.78, 5) is 23.4. The fourth-order valence-corrected chi connectivity index (χ4v) is 9.84. The zero-order chi connectivity index (χ0) is 22.8. The highest BCUT2D eigenvalue weighted by Crippen LogP contribution is 2.42. The quantitative estimate of drug-likeness (QED) is 0.173. The summed E-state index contributed by atoms with van der Waals surface area (Å²) in [6.45, 7) is 20.2. The largest absolute Gasteiger partial charge is 0.466 e. The predicted molar refractivity (Wildman–Crippen MR) is 121 cm³/mol. The number of carbonyl (C=O) groups is 2. The van der Waals surface area contributed by atoms with Crippen LogP contribution in [0.25, 0.3) is 0 Å². The van der Waals surface area contributed by atoms with E-state index in [1.807, 2.05) is 13.0 Å². The molecule has 0 fully saturated rings. The van der Waals surface area contributed by atoms with Crippen molar-refractivity contribution in [3.8, 4) is 0 Å². The van der Waals surface area contributed by atoms with Crippen LogP contribution in [0.15, 0.2) is 11.6 Å². The standard InChI is InChI=1S/C23H44O5Si/c1-10-20(15-28-29(16(3)4,17(5)6)18(7)8)12-19(9)22(25)13-21(24)14-23(26)27-11-2/h12,16-18,20,22,25H,10-11,13-15H2,1-9H3/b19-12-/t20-,22+/m1/s1. The lowest BCUT2D eigenvalue weighted by atomic mass is 9.98. The number of aliphatic hydroxyl groups excluding tert-OH is 1. The number of ether oxygens (including phenoxy) is 1. The summed E-state index contributed by atoms with van der Waals surface area (Å²) in [6, 6.07) is 0.